The first-order valence-corrected chi connectivity index (χ1v) is 26.7. The summed E-state index contributed by atoms with van der Waals surface area (Å²) in [4.78, 5) is 96.6. The van der Waals surface area contributed by atoms with Crippen LogP contribution in [0.4, 0.5) is 0 Å². The third kappa shape index (κ3) is 13.7. The average Bonchev–Trinajstić information content (AvgIpc) is 3.68. The molecule has 4 aromatic carbocycles. The smallest absolute Gasteiger partial charge is 0.329 e. The van der Waals surface area contributed by atoms with Gasteiger partial charge in [-0.2, -0.15) is 0 Å². The molecule has 404 valence electrons. The van der Waals surface area contributed by atoms with Gasteiger partial charge < -0.3 is 39.8 Å². The van der Waals surface area contributed by atoms with Crippen molar-refractivity contribution in [1.82, 2.24) is 25.8 Å². The molecule has 4 atom stereocenters. The maximum atomic E-state index is 14.5. The molecule has 3 aliphatic rings. The molecule has 0 aromatic heterocycles. The van der Waals surface area contributed by atoms with E-state index >= 15 is 0 Å². The second kappa shape index (κ2) is 26.3. The van der Waals surface area contributed by atoms with Crippen LogP contribution in [-0.2, 0) is 35.1 Å². The Morgan fingerprint density at radius 3 is 2.09 bits per heavy atom. The van der Waals surface area contributed by atoms with E-state index in [9.17, 15) is 33.6 Å². The van der Waals surface area contributed by atoms with Crippen LogP contribution < -0.4 is 30.2 Å². The summed E-state index contributed by atoms with van der Waals surface area (Å²) in [7, 11) is 1.64. The van der Waals surface area contributed by atoms with Crippen molar-refractivity contribution in [3.8, 4) is 17.2 Å². The highest BCUT2D eigenvalue weighted by Crippen LogP contribution is 2.37. The molecule has 2 saturated heterocycles. The fourth-order valence-electron chi connectivity index (χ4n) is 10.4. The van der Waals surface area contributed by atoms with Gasteiger partial charge in [-0.25, -0.2) is 4.79 Å². The van der Waals surface area contributed by atoms with Crippen LogP contribution in [0, 0.1) is 27.7 Å². The number of piperidine rings is 2. The Kier molecular flexibility index (Phi) is 19.5. The Bertz CT molecular complexity index is 2800. The quantitative estimate of drug-likeness (QED) is 0.0346. The van der Waals surface area contributed by atoms with E-state index in [0.29, 0.717) is 81.6 Å². The number of carbonyl (C=O) groups is 7. The van der Waals surface area contributed by atoms with Gasteiger partial charge in [-0.1, -0.05) is 74.9 Å². The first-order chi connectivity index (χ1) is 36.6. The van der Waals surface area contributed by atoms with Gasteiger partial charge in [0.15, 0.2) is 13.2 Å². The molecule has 0 spiro atoms. The summed E-state index contributed by atoms with van der Waals surface area (Å²) in [5, 5.41) is 8.35. The minimum Gasteiger partial charge on any atom is -0.496 e. The first-order valence-electron chi connectivity index (χ1n) is 26.7. The molecule has 1 unspecified atom stereocenters. The minimum absolute atomic E-state index is 0.0292. The molecular weight excluding hydrogens is 967 g/mol. The molecule has 3 N–H and O–H groups in total. The zero-order chi connectivity index (χ0) is 54.5. The molecule has 76 heavy (non-hydrogen) atoms. The van der Waals surface area contributed by atoms with Crippen LogP contribution in [0.5, 0.6) is 17.2 Å². The largest absolute Gasteiger partial charge is 0.496 e. The molecule has 6 amide bonds. The van der Waals surface area contributed by atoms with E-state index in [1.165, 1.54) is 17.7 Å². The Balaban J connectivity index is 0.882. The van der Waals surface area contributed by atoms with Gasteiger partial charge in [0.25, 0.3) is 23.6 Å². The Morgan fingerprint density at radius 1 is 0.763 bits per heavy atom. The monoisotopic (exact) mass is 1040 g/mol. The summed E-state index contributed by atoms with van der Waals surface area (Å²) >= 11 is 0. The summed E-state index contributed by atoms with van der Waals surface area (Å²) in [6.07, 6.45) is 6.60. The highest BCUT2D eigenvalue weighted by atomic mass is 16.5. The number of carbonyl (C=O) groups excluding carboxylic acids is 7. The zero-order valence-corrected chi connectivity index (χ0v) is 44.9. The maximum absolute atomic E-state index is 14.5. The van der Waals surface area contributed by atoms with Crippen LogP contribution in [0.2, 0.25) is 0 Å². The molecular formula is C60H73N5O11. The van der Waals surface area contributed by atoms with Crippen molar-refractivity contribution in [3.63, 3.8) is 0 Å². The van der Waals surface area contributed by atoms with Crippen molar-refractivity contribution in [1.29, 1.82) is 0 Å². The topological polar surface area (TPSA) is 199 Å². The van der Waals surface area contributed by atoms with E-state index in [0.717, 1.165) is 64.1 Å². The van der Waals surface area contributed by atoms with Crippen LogP contribution in [0.3, 0.4) is 0 Å². The highest BCUT2D eigenvalue weighted by molar-refractivity contribution is 6.24. The number of para-hydroxylation sites is 1. The number of fused-ring (bicyclic) bond motifs is 1. The number of amides is 6. The number of nitrogens with one attached hydrogen (secondary N) is 3. The normalized spacial score (nSPS) is 17.1. The van der Waals surface area contributed by atoms with Crippen molar-refractivity contribution in [3.05, 3.63) is 135 Å². The fraction of sp³-hybridized carbons (Fsp3) is 0.450. The number of esters is 1. The molecule has 0 bridgehead atoms. The third-order valence-corrected chi connectivity index (χ3v) is 14.8. The van der Waals surface area contributed by atoms with Crippen LogP contribution in [0.25, 0.3) is 0 Å². The summed E-state index contributed by atoms with van der Waals surface area (Å²) in [6.45, 7) is 14.6. The predicted octanol–water partition coefficient (Wildman–Crippen LogP) is 8.36. The van der Waals surface area contributed by atoms with Gasteiger partial charge in [0, 0.05) is 30.9 Å². The summed E-state index contributed by atoms with van der Waals surface area (Å²) in [6, 6.07) is 20.3. The average molecular weight is 1040 g/mol. The van der Waals surface area contributed by atoms with E-state index in [-0.39, 0.29) is 48.3 Å². The molecule has 3 heterocycles. The number of nitrogens with zero attached hydrogens (tertiary/aromatic N) is 2. The fourth-order valence-corrected chi connectivity index (χ4v) is 10.4. The molecule has 3 aliphatic heterocycles. The van der Waals surface area contributed by atoms with E-state index in [1.807, 2.05) is 44.2 Å². The number of rotatable bonds is 24. The van der Waals surface area contributed by atoms with Gasteiger partial charge in [0.2, 0.25) is 11.8 Å². The number of ether oxygens (including phenoxy) is 4. The van der Waals surface area contributed by atoms with Gasteiger partial charge in [-0.15, -0.1) is 0 Å². The van der Waals surface area contributed by atoms with Gasteiger partial charge >= 0.3 is 5.97 Å². The van der Waals surface area contributed by atoms with E-state index in [4.69, 9.17) is 18.9 Å². The van der Waals surface area contributed by atoms with Crippen molar-refractivity contribution in [2.24, 2.45) is 0 Å². The van der Waals surface area contributed by atoms with E-state index < -0.39 is 53.7 Å². The Morgan fingerprint density at radius 2 is 1.43 bits per heavy atom. The number of hydrogen-bond donors (Lipinski definition) is 3. The molecule has 0 saturated carbocycles. The molecule has 16 heteroatoms. The van der Waals surface area contributed by atoms with Crippen molar-refractivity contribution < 1.29 is 52.5 Å². The predicted molar refractivity (Wildman–Crippen MR) is 287 cm³/mol. The molecule has 0 radical (unpaired) electrons. The SMILES string of the molecule is C=C1CCC(N2C(=O)c3cccc(OCC(=O)NCCCCCCNC(=O)COc4ccccc4[C@H](CCc4ccc(OC)c(C)c4)OC(=O)[C@H]4CCCCN4C(=O)[C@H](CC)c4cc(C)c(C)c(C)c4)c3C2=O)C(=O)N1. The molecule has 0 aliphatic carbocycles. The lowest BCUT2D eigenvalue weighted by Crippen LogP contribution is -2.51. The molecule has 4 aromatic rings. The van der Waals surface area contributed by atoms with Crippen LogP contribution in [-0.4, -0.2) is 103 Å². The van der Waals surface area contributed by atoms with E-state index in [1.54, 1.807) is 24.1 Å². The lowest BCUT2D eigenvalue weighted by molar-refractivity contribution is -0.162. The standard InChI is InChI=1S/C60H73N5O11/c1-8-44(43-33-37(2)41(6)38(3)34-43)57(69)64-31-16-13-20-48(64)60(72)76-51(28-25-42-24-27-49(73-7)39(4)32-42)45-18-11-12-21-50(45)74-35-53(66)61-29-14-9-10-15-30-62-54(67)36-75-52-22-17-19-46-55(52)59(71)65(58(46)70)47-26-23-40(5)63-56(47)68/h11-12,17-19,21-22,24,27,32-34,44,47-48,51H,5,8-10,13-16,20,23,25-26,28-31,35-36H2,1-4,6-7H3,(H,61,66)(H,62,67)(H,63,68)/t44-,47?,48-,51+/m1/s1. The van der Waals surface area contributed by atoms with Crippen LogP contribution >= 0.6 is 0 Å². The maximum Gasteiger partial charge on any atom is 0.329 e. The number of benzene rings is 4. The van der Waals surface area contributed by atoms with Gasteiger partial charge in [-0.05, 0) is 150 Å². The second-order valence-electron chi connectivity index (χ2n) is 20.1. The number of unbranched alkanes of at least 4 members (excludes halogenated alkanes) is 3. The van der Waals surface area contributed by atoms with Crippen molar-refractivity contribution in [2.75, 3.05) is 40.0 Å². The number of likely N-dealkylation sites (tertiary alicyclic amines) is 1. The van der Waals surface area contributed by atoms with Crippen molar-refractivity contribution >= 4 is 41.4 Å². The number of allylic oxidation sites excluding steroid dienone is 1. The number of aryl methyl sites for hydroxylation is 4. The summed E-state index contributed by atoms with van der Waals surface area (Å²) in [5.41, 5.74) is 7.75. The second-order valence-corrected chi connectivity index (χ2v) is 20.1. The molecule has 16 nitrogen and oxygen atoms in total. The highest BCUT2D eigenvalue weighted by Gasteiger charge is 2.45. The minimum atomic E-state index is -0.960. The summed E-state index contributed by atoms with van der Waals surface area (Å²) in [5.74, 6) is -2.03. The number of methoxy groups -OCH3 is 1. The van der Waals surface area contributed by atoms with Gasteiger partial charge in [-0.3, -0.25) is 33.7 Å². The molecule has 2 fully saturated rings. The third-order valence-electron chi connectivity index (χ3n) is 14.8. The van der Waals surface area contributed by atoms with Gasteiger partial charge in [0.05, 0.1) is 24.2 Å². The van der Waals surface area contributed by atoms with Crippen molar-refractivity contribution in [2.45, 2.75) is 136 Å². The zero-order valence-electron chi connectivity index (χ0n) is 44.9. The van der Waals surface area contributed by atoms with Gasteiger partial charge in [0.1, 0.15) is 35.4 Å². The van der Waals surface area contributed by atoms with Crippen LogP contribution in [0.15, 0.2) is 85.1 Å². The molecule has 7 rings (SSSR count). The first kappa shape index (κ1) is 56.2. The van der Waals surface area contributed by atoms with Crippen LogP contribution in [0.1, 0.15) is 149 Å². The van der Waals surface area contributed by atoms with E-state index in [2.05, 4.69) is 61.5 Å². The Labute approximate surface area is 446 Å². The Hall–Kier alpha value is -7.49. The number of imide groups is 1. The summed E-state index contributed by atoms with van der Waals surface area (Å²) < 4.78 is 23.8. The number of hydrogen-bond acceptors (Lipinski definition) is 11. The lowest BCUT2D eigenvalue weighted by atomic mass is 9.89. The lowest BCUT2D eigenvalue weighted by Gasteiger charge is -2.37.